The molecule has 0 bridgehead atoms. The van der Waals surface area contributed by atoms with E-state index >= 15 is 0 Å². The predicted octanol–water partition coefficient (Wildman–Crippen LogP) is 13.9. The topological polar surface area (TPSA) is 0 Å². The Morgan fingerprint density at radius 2 is 0.585 bits per heavy atom. The van der Waals surface area contributed by atoms with Gasteiger partial charge in [-0.05, 0) is 128 Å². The number of fused-ring (bicyclic) bond motifs is 3. The summed E-state index contributed by atoms with van der Waals surface area (Å²) in [4.78, 5) is 0. The number of hydrogen-bond donors (Lipinski definition) is 0. The zero-order chi connectivity index (χ0) is 35.5. The highest BCUT2D eigenvalue weighted by atomic mass is 14.5. The number of benzene rings is 8. The molecule has 0 unspecified atom stereocenters. The second-order valence-electron chi connectivity index (χ2n) is 14.5. The molecule has 0 spiro atoms. The lowest BCUT2D eigenvalue weighted by atomic mass is 9.69. The van der Waals surface area contributed by atoms with Gasteiger partial charge in [0.15, 0.2) is 0 Å². The molecule has 0 aromatic heterocycles. The van der Waals surface area contributed by atoms with E-state index in [9.17, 15) is 0 Å². The fraction of sp³-hybridized carbons (Fsp3) is 0.0943. The van der Waals surface area contributed by atoms with E-state index < -0.39 is 0 Å². The van der Waals surface area contributed by atoms with Gasteiger partial charge in [-0.1, -0.05) is 182 Å². The van der Waals surface area contributed by atoms with E-state index in [4.69, 9.17) is 0 Å². The van der Waals surface area contributed by atoms with E-state index in [0.717, 1.165) is 25.7 Å². The maximum atomic E-state index is 2.53. The first-order chi connectivity index (χ1) is 26.2. The Kier molecular flexibility index (Phi) is 8.88. The van der Waals surface area contributed by atoms with Gasteiger partial charge in [0.2, 0.25) is 0 Å². The van der Waals surface area contributed by atoms with Crippen molar-refractivity contribution >= 4 is 0 Å². The molecule has 0 amide bonds. The molecule has 0 saturated carbocycles. The molecule has 0 aliphatic heterocycles. The summed E-state index contributed by atoms with van der Waals surface area (Å²) in [6, 6.07) is 76.2. The summed E-state index contributed by atoms with van der Waals surface area (Å²) in [5.41, 5.74) is 18.3. The lowest BCUT2D eigenvalue weighted by molar-refractivity contribution is 0.446. The molecule has 8 aromatic rings. The van der Waals surface area contributed by atoms with Crippen LogP contribution in [0.15, 0.2) is 206 Å². The van der Waals surface area contributed by atoms with Gasteiger partial charge in [0.05, 0.1) is 0 Å². The van der Waals surface area contributed by atoms with Crippen LogP contribution in [-0.4, -0.2) is 0 Å². The zero-order valence-corrected chi connectivity index (χ0v) is 30.0. The molecule has 9 rings (SSSR count). The van der Waals surface area contributed by atoms with Crippen LogP contribution < -0.4 is 0 Å². The van der Waals surface area contributed by atoms with Crippen LogP contribution in [0.2, 0.25) is 0 Å². The van der Waals surface area contributed by atoms with Crippen molar-refractivity contribution in [2.75, 3.05) is 0 Å². The van der Waals surface area contributed by atoms with E-state index in [2.05, 4.69) is 206 Å². The smallest absolute Gasteiger partial charge is 0.0222 e. The molecule has 0 fully saturated rings. The SMILES string of the molecule is c1ccc(CCC2(CCc3ccccc3)c3cc(-c4cccc(-c5ccccc5)c4)ccc3-c3ccc(-c4cccc(-c5ccccc5)c4)cc32)cc1. The molecule has 53 heavy (non-hydrogen) atoms. The van der Waals surface area contributed by atoms with Gasteiger partial charge in [-0.3, -0.25) is 0 Å². The molecule has 0 heteroatoms. The third-order valence-electron chi connectivity index (χ3n) is 11.3. The van der Waals surface area contributed by atoms with Gasteiger partial charge in [0.1, 0.15) is 0 Å². The van der Waals surface area contributed by atoms with E-state index in [1.807, 2.05) is 0 Å². The lowest BCUT2D eigenvalue weighted by Gasteiger charge is -2.33. The van der Waals surface area contributed by atoms with Gasteiger partial charge in [-0.15, -0.1) is 0 Å². The third-order valence-corrected chi connectivity index (χ3v) is 11.3. The van der Waals surface area contributed by atoms with Crippen LogP contribution in [0.1, 0.15) is 35.1 Å². The molecule has 8 aromatic carbocycles. The Morgan fingerprint density at radius 3 is 0.981 bits per heavy atom. The van der Waals surface area contributed by atoms with Crippen molar-refractivity contribution in [2.24, 2.45) is 0 Å². The second-order valence-corrected chi connectivity index (χ2v) is 14.5. The molecule has 1 aliphatic carbocycles. The Morgan fingerprint density at radius 1 is 0.264 bits per heavy atom. The number of aryl methyl sites for hydroxylation is 2. The fourth-order valence-electron chi connectivity index (χ4n) is 8.54. The fourth-order valence-corrected chi connectivity index (χ4v) is 8.54. The molecule has 0 heterocycles. The van der Waals surface area contributed by atoms with Crippen LogP contribution >= 0.6 is 0 Å². The summed E-state index contributed by atoms with van der Waals surface area (Å²) in [6.07, 6.45) is 4.08. The Balaban J connectivity index is 1.20. The third kappa shape index (κ3) is 6.54. The van der Waals surface area contributed by atoms with E-state index in [0.29, 0.717) is 0 Å². The minimum absolute atomic E-state index is 0.170. The van der Waals surface area contributed by atoms with Crippen LogP contribution in [-0.2, 0) is 18.3 Å². The molecule has 254 valence electrons. The van der Waals surface area contributed by atoms with Gasteiger partial charge >= 0.3 is 0 Å². The van der Waals surface area contributed by atoms with Gasteiger partial charge in [0, 0.05) is 5.41 Å². The van der Waals surface area contributed by atoms with Crippen molar-refractivity contribution in [3.63, 3.8) is 0 Å². The monoisotopic (exact) mass is 678 g/mol. The highest BCUT2D eigenvalue weighted by Crippen LogP contribution is 2.55. The molecular formula is C53H42. The maximum Gasteiger partial charge on any atom is 0.0222 e. The largest absolute Gasteiger partial charge is 0.0622 e. The first kappa shape index (κ1) is 32.7. The standard InChI is InChI=1S/C53H42/c1-5-15-39(16-6-1)31-33-53(34-32-40-17-7-2-8-18-40)51-37-47(45-25-13-23-43(35-45)41-19-9-3-10-20-41)27-29-49(51)50-30-28-48(38-52(50)53)46-26-14-24-44(36-46)42-21-11-4-12-22-42/h1-30,35-38H,31-34H2. The highest BCUT2D eigenvalue weighted by molar-refractivity contribution is 5.87. The van der Waals surface area contributed by atoms with Crippen molar-refractivity contribution in [1.29, 1.82) is 0 Å². The summed E-state index contributed by atoms with van der Waals surface area (Å²) < 4.78 is 0. The van der Waals surface area contributed by atoms with Crippen LogP contribution in [0.4, 0.5) is 0 Å². The molecule has 1 aliphatic rings. The number of hydrogen-bond acceptors (Lipinski definition) is 0. The number of rotatable bonds is 10. The Labute approximate surface area is 314 Å². The van der Waals surface area contributed by atoms with Crippen LogP contribution in [0, 0.1) is 0 Å². The summed E-state index contributed by atoms with van der Waals surface area (Å²) in [7, 11) is 0. The second kappa shape index (κ2) is 14.4. The minimum Gasteiger partial charge on any atom is -0.0622 e. The first-order valence-corrected chi connectivity index (χ1v) is 18.9. The molecule has 0 atom stereocenters. The van der Waals surface area contributed by atoms with Crippen molar-refractivity contribution in [2.45, 2.75) is 31.1 Å². The van der Waals surface area contributed by atoms with Gasteiger partial charge in [0.25, 0.3) is 0 Å². The molecule has 0 N–H and O–H groups in total. The average Bonchev–Trinajstić information content (AvgIpc) is 3.52. The van der Waals surface area contributed by atoms with E-state index in [1.165, 1.54) is 77.9 Å². The Bertz CT molecular complexity index is 2300. The van der Waals surface area contributed by atoms with Crippen molar-refractivity contribution in [3.8, 4) is 55.6 Å². The lowest BCUT2D eigenvalue weighted by Crippen LogP contribution is -2.27. The van der Waals surface area contributed by atoms with Gasteiger partial charge in [-0.25, -0.2) is 0 Å². The quantitative estimate of drug-likeness (QED) is 0.135. The summed E-state index contributed by atoms with van der Waals surface area (Å²) in [5, 5.41) is 0. The van der Waals surface area contributed by atoms with Crippen LogP contribution in [0.5, 0.6) is 0 Å². The maximum absolute atomic E-state index is 2.53. The summed E-state index contributed by atoms with van der Waals surface area (Å²) in [5.74, 6) is 0. The molecule has 0 nitrogen and oxygen atoms in total. The summed E-state index contributed by atoms with van der Waals surface area (Å²) in [6.45, 7) is 0. The normalized spacial score (nSPS) is 12.6. The zero-order valence-electron chi connectivity index (χ0n) is 30.0. The van der Waals surface area contributed by atoms with Crippen molar-refractivity contribution in [3.05, 3.63) is 229 Å². The van der Waals surface area contributed by atoms with E-state index in [1.54, 1.807) is 0 Å². The van der Waals surface area contributed by atoms with Crippen LogP contribution in [0.3, 0.4) is 0 Å². The average molecular weight is 679 g/mol. The molecule has 0 radical (unpaired) electrons. The predicted molar refractivity (Wildman–Crippen MR) is 224 cm³/mol. The summed E-state index contributed by atoms with van der Waals surface area (Å²) >= 11 is 0. The van der Waals surface area contributed by atoms with Crippen molar-refractivity contribution in [1.82, 2.24) is 0 Å². The van der Waals surface area contributed by atoms with E-state index in [-0.39, 0.29) is 5.41 Å². The Hall–Kier alpha value is -6.24. The minimum atomic E-state index is -0.170. The van der Waals surface area contributed by atoms with Gasteiger partial charge in [-0.2, -0.15) is 0 Å². The molecule has 0 saturated heterocycles. The first-order valence-electron chi connectivity index (χ1n) is 18.9. The highest BCUT2D eigenvalue weighted by Gasteiger charge is 2.43. The van der Waals surface area contributed by atoms with Crippen molar-refractivity contribution < 1.29 is 0 Å². The van der Waals surface area contributed by atoms with Gasteiger partial charge < -0.3 is 0 Å². The van der Waals surface area contributed by atoms with Crippen LogP contribution in [0.25, 0.3) is 55.6 Å². The molecular weight excluding hydrogens is 637 g/mol.